The Morgan fingerprint density at radius 3 is 2.77 bits per heavy atom. The Balaban J connectivity index is 1.65. The van der Waals surface area contributed by atoms with Gasteiger partial charge >= 0.3 is 5.97 Å². The van der Waals surface area contributed by atoms with E-state index in [1.54, 1.807) is 12.1 Å². The molecule has 4 rings (SSSR count). The number of hydrogen-bond donors (Lipinski definition) is 2. The summed E-state index contributed by atoms with van der Waals surface area (Å²) >= 11 is 1.54. The maximum atomic E-state index is 10.7. The van der Waals surface area contributed by atoms with Crippen molar-refractivity contribution in [1.29, 1.82) is 0 Å². The lowest BCUT2D eigenvalue weighted by molar-refractivity contribution is -0.139. The number of nitrogens with zero attached hydrogens (tertiary/aromatic N) is 3. The van der Waals surface area contributed by atoms with Gasteiger partial charge < -0.3 is 19.9 Å². The van der Waals surface area contributed by atoms with Crippen molar-refractivity contribution in [2.24, 2.45) is 0 Å². The van der Waals surface area contributed by atoms with Crippen LogP contribution in [0.25, 0.3) is 11.3 Å². The van der Waals surface area contributed by atoms with Crippen LogP contribution in [0.3, 0.4) is 0 Å². The molecule has 8 nitrogen and oxygen atoms in total. The van der Waals surface area contributed by atoms with Gasteiger partial charge in [0.25, 0.3) is 0 Å². The van der Waals surface area contributed by atoms with E-state index in [9.17, 15) is 4.79 Å². The van der Waals surface area contributed by atoms with E-state index in [0.29, 0.717) is 22.5 Å². The van der Waals surface area contributed by atoms with E-state index < -0.39 is 12.2 Å². The Hall–Kier alpha value is -3.33. The van der Waals surface area contributed by atoms with Crippen molar-refractivity contribution in [1.82, 2.24) is 15.2 Å². The number of rotatable bonds is 7. The number of para-hydroxylation sites is 1. The Bertz CT molecular complexity index is 1050. The SMILES string of the molecule is CCCSc1nnc2c(n1)O[C@@H](c1ccc(OCC(=O)O)cc1)Nc1ccccc1-2. The maximum Gasteiger partial charge on any atom is 0.341 e. The molecule has 0 bridgehead atoms. The van der Waals surface area contributed by atoms with Gasteiger partial charge in [-0.2, -0.15) is 4.98 Å². The number of thioether (sulfide) groups is 1. The van der Waals surface area contributed by atoms with Crippen LogP contribution in [0.2, 0.25) is 0 Å². The van der Waals surface area contributed by atoms with Crippen LogP contribution in [0.5, 0.6) is 11.6 Å². The molecule has 2 N–H and O–H groups in total. The van der Waals surface area contributed by atoms with Crippen molar-refractivity contribution >= 4 is 23.4 Å². The molecule has 3 aromatic rings. The number of hydrogen-bond acceptors (Lipinski definition) is 8. The number of aliphatic carboxylic acids is 1. The van der Waals surface area contributed by atoms with Crippen LogP contribution >= 0.6 is 11.8 Å². The fraction of sp³-hybridized carbons (Fsp3) is 0.238. The summed E-state index contributed by atoms with van der Waals surface area (Å²) in [6.07, 6.45) is 0.497. The van der Waals surface area contributed by atoms with Gasteiger partial charge in [0.2, 0.25) is 11.0 Å². The first-order valence-corrected chi connectivity index (χ1v) is 10.5. The zero-order chi connectivity index (χ0) is 20.9. The first kappa shape index (κ1) is 20.0. The highest BCUT2D eigenvalue weighted by molar-refractivity contribution is 7.99. The molecular formula is C21H20N4O4S. The van der Waals surface area contributed by atoms with Gasteiger partial charge in [-0.05, 0) is 36.8 Å². The second kappa shape index (κ2) is 9.00. The second-order valence-corrected chi connectivity index (χ2v) is 7.60. The summed E-state index contributed by atoms with van der Waals surface area (Å²) in [6.45, 7) is 1.71. The molecule has 1 aromatic heterocycles. The predicted molar refractivity (Wildman–Crippen MR) is 113 cm³/mol. The van der Waals surface area contributed by atoms with Crippen molar-refractivity contribution in [3.63, 3.8) is 0 Å². The normalized spacial score (nSPS) is 14.5. The van der Waals surface area contributed by atoms with Gasteiger partial charge in [0.05, 0.1) is 0 Å². The van der Waals surface area contributed by atoms with Gasteiger partial charge in [-0.1, -0.05) is 36.9 Å². The molecule has 0 radical (unpaired) electrons. The first-order chi connectivity index (χ1) is 14.6. The molecule has 2 aromatic carbocycles. The molecule has 0 fully saturated rings. The van der Waals surface area contributed by atoms with Crippen molar-refractivity contribution in [2.45, 2.75) is 24.7 Å². The number of aromatic nitrogens is 3. The smallest absolute Gasteiger partial charge is 0.341 e. The van der Waals surface area contributed by atoms with Crippen LogP contribution in [-0.2, 0) is 4.79 Å². The summed E-state index contributed by atoms with van der Waals surface area (Å²) in [5.41, 5.74) is 3.14. The van der Waals surface area contributed by atoms with E-state index in [0.717, 1.165) is 29.0 Å². The molecule has 1 aliphatic heterocycles. The molecule has 2 heterocycles. The minimum Gasteiger partial charge on any atom is -0.482 e. The Labute approximate surface area is 177 Å². The summed E-state index contributed by atoms with van der Waals surface area (Å²) in [6, 6.07) is 14.8. The monoisotopic (exact) mass is 424 g/mol. The van der Waals surface area contributed by atoms with Gasteiger partial charge in [-0.3, -0.25) is 0 Å². The van der Waals surface area contributed by atoms with Crippen LogP contribution in [0, 0.1) is 0 Å². The molecule has 0 unspecified atom stereocenters. The number of carbonyl (C=O) groups is 1. The third-order valence-electron chi connectivity index (χ3n) is 4.31. The number of ether oxygens (including phenoxy) is 2. The highest BCUT2D eigenvalue weighted by atomic mass is 32.2. The lowest BCUT2D eigenvalue weighted by atomic mass is 10.1. The summed E-state index contributed by atoms with van der Waals surface area (Å²) in [4.78, 5) is 15.3. The maximum absolute atomic E-state index is 10.7. The standard InChI is InChI=1S/C21H20N4O4S/c1-2-11-30-21-23-20-18(24-25-21)15-5-3-4-6-16(15)22-19(29-20)13-7-9-14(10-8-13)28-12-17(26)27/h3-10,19,22H,2,11-12H2,1H3,(H,26,27)/t19-/m0/s1. The zero-order valence-corrected chi connectivity index (χ0v) is 17.1. The molecule has 0 aliphatic carbocycles. The van der Waals surface area contributed by atoms with Crippen molar-refractivity contribution in [3.8, 4) is 22.9 Å². The molecular weight excluding hydrogens is 404 g/mol. The highest BCUT2D eigenvalue weighted by Crippen LogP contribution is 2.39. The van der Waals surface area contributed by atoms with Crippen LogP contribution < -0.4 is 14.8 Å². The Morgan fingerprint density at radius 1 is 1.20 bits per heavy atom. The summed E-state index contributed by atoms with van der Waals surface area (Å²) in [5, 5.41) is 21.3. The number of fused-ring (bicyclic) bond motifs is 3. The molecule has 9 heteroatoms. The van der Waals surface area contributed by atoms with Gasteiger partial charge in [0.15, 0.2) is 18.5 Å². The Kier molecular flexibility index (Phi) is 5.99. The molecule has 1 aliphatic rings. The van der Waals surface area contributed by atoms with Gasteiger partial charge in [0.1, 0.15) is 5.75 Å². The third-order valence-corrected chi connectivity index (χ3v) is 5.36. The van der Waals surface area contributed by atoms with Crippen LogP contribution in [0.1, 0.15) is 25.1 Å². The lowest BCUT2D eigenvalue weighted by Gasteiger charge is -2.19. The van der Waals surface area contributed by atoms with Crippen LogP contribution in [0.4, 0.5) is 5.69 Å². The number of carboxylic acids is 1. The van der Waals surface area contributed by atoms with Gasteiger partial charge in [-0.25, -0.2) is 4.79 Å². The number of nitrogens with one attached hydrogen (secondary N) is 1. The summed E-state index contributed by atoms with van der Waals surface area (Å²) in [7, 11) is 0. The molecule has 0 saturated carbocycles. The fourth-order valence-electron chi connectivity index (χ4n) is 2.94. The minimum absolute atomic E-state index is 0.390. The van der Waals surface area contributed by atoms with Gasteiger partial charge in [0, 0.05) is 22.6 Å². The molecule has 0 saturated heterocycles. The van der Waals surface area contributed by atoms with E-state index >= 15 is 0 Å². The summed E-state index contributed by atoms with van der Waals surface area (Å²) < 4.78 is 11.4. The van der Waals surface area contributed by atoms with E-state index in [1.807, 2.05) is 36.4 Å². The topological polar surface area (TPSA) is 106 Å². The van der Waals surface area contributed by atoms with E-state index in [1.165, 1.54) is 11.8 Å². The van der Waals surface area contributed by atoms with Crippen LogP contribution in [-0.4, -0.2) is 38.6 Å². The van der Waals surface area contributed by atoms with E-state index in [2.05, 4.69) is 27.4 Å². The van der Waals surface area contributed by atoms with Gasteiger partial charge in [-0.15, -0.1) is 10.2 Å². The van der Waals surface area contributed by atoms with E-state index in [4.69, 9.17) is 14.6 Å². The Morgan fingerprint density at radius 2 is 2.00 bits per heavy atom. The van der Waals surface area contributed by atoms with Crippen molar-refractivity contribution in [2.75, 3.05) is 17.7 Å². The molecule has 0 spiro atoms. The lowest BCUT2D eigenvalue weighted by Crippen LogP contribution is -2.17. The average Bonchev–Trinajstić information content (AvgIpc) is 2.93. The fourth-order valence-corrected chi connectivity index (χ4v) is 3.57. The second-order valence-electron chi connectivity index (χ2n) is 6.54. The number of carboxylic acid groups (broad SMARTS) is 1. The van der Waals surface area contributed by atoms with E-state index in [-0.39, 0.29) is 6.61 Å². The molecule has 154 valence electrons. The third kappa shape index (κ3) is 4.46. The minimum atomic E-state index is -1.02. The quantitative estimate of drug-likeness (QED) is 0.544. The molecule has 0 amide bonds. The zero-order valence-electron chi connectivity index (χ0n) is 16.2. The molecule has 1 atom stereocenters. The number of benzene rings is 2. The summed E-state index contributed by atoms with van der Waals surface area (Å²) in [5.74, 6) is 0.761. The highest BCUT2D eigenvalue weighted by Gasteiger charge is 2.26. The first-order valence-electron chi connectivity index (χ1n) is 9.48. The average molecular weight is 424 g/mol. The number of anilines is 1. The largest absolute Gasteiger partial charge is 0.482 e. The van der Waals surface area contributed by atoms with Crippen molar-refractivity contribution in [3.05, 3.63) is 54.1 Å². The van der Waals surface area contributed by atoms with Crippen LogP contribution in [0.15, 0.2) is 53.7 Å². The molecule has 30 heavy (non-hydrogen) atoms. The predicted octanol–water partition coefficient (Wildman–Crippen LogP) is 4.01. The van der Waals surface area contributed by atoms with Crippen molar-refractivity contribution < 1.29 is 19.4 Å².